The zero-order valence-electron chi connectivity index (χ0n) is 10.8. The van der Waals surface area contributed by atoms with Crippen molar-refractivity contribution in [3.05, 3.63) is 17.5 Å². The Balaban J connectivity index is 2.16. The van der Waals surface area contributed by atoms with Crippen LogP contribution in [-0.4, -0.2) is 35.2 Å². The van der Waals surface area contributed by atoms with Gasteiger partial charge in [0, 0.05) is 32.4 Å². The monoisotopic (exact) mass is 277 g/mol. The van der Waals surface area contributed by atoms with Crippen LogP contribution < -0.4 is 5.73 Å². The molecule has 0 bridgehead atoms. The molecule has 0 radical (unpaired) electrons. The SMILES string of the molecule is Cn1cc(CC(N)C(F)(F)F)c(C2CCOCC2)n1. The van der Waals surface area contributed by atoms with E-state index < -0.39 is 12.2 Å². The summed E-state index contributed by atoms with van der Waals surface area (Å²) in [5.41, 5.74) is 6.54. The Morgan fingerprint density at radius 1 is 1.47 bits per heavy atom. The molecule has 1 aromatic rings. The molecule has 0 aliphatic carbocycles. The molecule has 1 unspecified atom stereocenters. The van der Waals surface area contributed by atoms with Gasteiger partial charge in [-0.3, -0.25) is 4.68 Å². The van der Waals surface area contributed by atoms with Gasteiger partial charge in [-0.15, -0.1) is 0 Å². The minimum Gasteiger partial charge on any atom is -0.381 e. The number of rotatable bonds is 3. The van der Waals surface area contributed by atoms with Crippen LogP contribution in [0.2, 0.25) is 0 Å². The Hall–Kier alpha value is -1.08. The number of aromatic nitrogens is 2. The van der Waals surface area contributed by atoms with Crippen LogP contribution in [0.25, 0.3) is 0 Å². The summed E-state index contributed by atoms with van der Waals surface area (Å²) >= 11 is 0. The van der Waals surface area contributed by atoms with Crippen molar-refractivity contribution in [1.82, 2.24) is 9.78 Å². The summed E-state index contributed by atoms with van der Waals surface area (Å²) < 4.78 is 44.5. The molecule has 7 heteroatoms. The molecule has 0 spiro atoms. The second kappa shape index (κ2) is 5.50. The Kier molecular flexibility index (Phi) is 4.15. The fourth-order valence-electron chi connectivity index (χ4n) is 2.38. The van der Waals surface area contributed by atoms with Gasteiger partial charge in [0.05, 0.1) is 5.69 Å². The van der Waals surface area contributed by atoms with E-state index in [2.05, 4.69) is 5.10 Å². The Bertz CT molecular complexity index is 424. The molecule has 2 N–H and O–H groups in total. The van der Waals surface area contributed by atoms with Gasteiger partial charge in [-0.05, 0) is 24.8 Å². The summed E-state index contributed by atoms with van der Waals surface area (Å²) in [5.74, 6) is 0.172. The Morgan fingerprint density at radius 3 is 2.68 bits per heavy atom. The summed E-state index contributed by atoms with van der Waals surface area (Å²) in [7, 11) is 1.71. The highest BCUT2D eigenvalue weighted by Gasteiger charge is 2.37. The number of hydrogen-bond acceptors (Lipinski definition) is 3. The molecule has 2 rings (SSSR count). The van der Waals surface area contributed by atoms with E-state index in [0.717, 1.165) is 18.5 Å². The van der Waals surface area contributed by atoms with E-state index in [1.54, 1.807) is 17.9 Å². The predicted molar refractivity (Wildman–Crippen MR) is 63.7 cm³/mol. The molecular weight excluding hydrogens is 259 g/mol. The lowest BCUT2D eigenvalue weighted by atomic mass is 9.92. The molecule has 19 heavy (non-hydrogen) atoms. The zero-order chi connectivity index (χ0) is 14.0. The summed E-state index contributed by atoms with van der Waals surface area (Å²) in [6.45, 7) is 1.26. The van der Waals surface area contributed by atoms with Crippen molar-refractivity contribution in [1.29, 1.82) is 0 Å². The van der Waals surface area contributed by atoms with E-state index in [1.807, 2.05) is 0 Å². The van der Waals surface area contributed by atoms with Crippen molar-refractivity contribution in [2.75, 3.05) is 13.2 Å². The summed E-state index contributed by atoms with van der Waals surface area (Å²) in [4.78, 5) is 0. The number of hydrogen-bond donors (Lipinski definition) is 1. The van der Waals surface area contributed by atoms with Crippen molar-refractivity contribution >= 4 is 0 Å². The van der Waals surface area contributed by atoms with Gasteiger partial charge >= 0.3 is 6.18 Å². The first-order valence-corrected chi connectivity index (χ1v) is 6.30. The van der Waals surface area contributed by atoms with Crippen LogP contribution in [0.15, 0.2) is 6.20 Å². The van der Waals surface area contributed by atoms with E-state index >= 15 is 0 Å². The maximum absolute atomic E-state index is 12.5. The van der Waals surface area contributed by atoms with E-state index in [0.29, 0.717) is 18.8 Å². The number of alkyl halides is 3. The van der Waals surface area contributed by atoms with Crippen LogP contribution in [0.5, 0.6) is 0 Å². The van der Waals surface area contributed by atoms with Crippen LogP contribution in [0.4, 0.5) is 13.2 Å². The number of nitrogens with zero attached hydrogens (tertiary/aromatic N) is 2. The van der Waals surface area contributed by atoms with Crippen molar-refractivity contribution in [2.24, 2.45) is 12.8 Å². The summed E-state index contributed by atoms with van der Waals surface area (Å²) in [6, 6.07) is -1.84. The van der Waals surface area contributed by atoms with Crippen LogP contribution in [0.3, 0.4) is 0 Å². The maximum atomic E-state index is 12.5. The molecule has 0 saturated carbocycles. The minimum atomic E-state index is -4.37. The highest BCUT2D eigenvalue weighted by molar-refractivity contribution is 5.23. The smallest absolute Gasteiger partial charge is 0.381 e. The van der Waals surface area contributed by atoms with Crippen molar-refractivity contribution in [3.63, 3.8) is 0 Å². The second-order valence-corrected chi connectivity index (χ2v) is 4.95. The topological polar surface area (TPSA) is 53.1 Å². The standard InChI is InChI=1S/C12H18F3N3O/c1-18-7-9(6-10(16)12(13,14)15)11(17-18)8-2-4-19-5-3-8/h7-8,10H,2-6,16H2,1H3. The van der Waals surface area contributed by atoms with Gasteiger partial charge in [-0.1, -0.05) is 0 Å². The third kappa shape index (κ3) is 3.48. The minimum absolute atomic E-state index is 0.172. The zero-order valence-corrected chi connectivity index (χ0v) is 10.8. The fourth-order valence-corrected chi connectivity index (χ4v) is 2.38. The molecular formula is C12H18F3N3O. The molecule has 4 nitrogen and oxygen atoms in total. The lowest BCUT2D eigenvalue weighted by Gasteiger charge is -2.22. The molecule has 1 atom stereocenters. The largest absolute Gasteiger partial charge is 0.403 e. The first-order valence-electron chi connectivity index (χ1n) is 6.30. The molecule has 1 aliphatic rings. The molecule has 1 saturated heterocycles. The van der Waals surface area contributed by atoms with Gasteiger partial charge in [0.15, 0.2) is 0 Å². The number of halogens is 3. The third-order valence-corrected chi connectivity index (χ3v) is 3.41. The van der Waals surface area contributed by atoms with Gasteiger partial charge in [-0.2, -0.15) is 18.3 Å². The third-order valence-electron chi connectivity index (χ3n) is 3.41. The average Bonchev–Trinajstić information content (AvgIpc) is 2.70. The number of aryl methyl sites for hydroxylation is 1. The second-order valence-electron chi connectivity index (χ2n) is 4.95. The number of nitrogens with two attached hydrogens (primary N) is 1. The van der Waals surface area contributed by atoms with Gasteiger partial charge in [0.1, 0.15) is 6.04 Å². The van der Waals surface area contributed by atoms with Crippen LogP contribution in [0, 0.1) is 0 Å². The lowest BCUT2D eigenvalue weighted by Crippen LogP contribution is -2.39. The summed E-state index contributed by atoms with van der Waals surface area (Å²) in [6.07, 6.45) is -1.36. The van der Waals surface area contributed by atoms with E-state index in [1.165, 1.54) is 0 Å². The maximum Gasteiger partial charge on any atom is 0.403 e. The highest BCUT2D eigenvalue weighted by atomic mass is 19.4. The van der Waals surface area contributed by atoms with Gasteiger partial charge in [0.2, 0.25) is 0 Å². The van der Waals surface area contributed by atoms with Crippen LogP contribution in [0.1, 0.15) is 30.0 Å². The molecule has 0 aromatic carbocycles. The molecule has 108 valence electrons. The van der Waals surface area contributed by atoms with E-state index in [-0.39, 0.29) is 12.3 Å². The molecule has 1 aromatic heterocycles. The predicted octanol–water partition coefficient (Wildman–Crippen LogP) is 1.75. The number of ether oxygens (including phenoxy) is 1. The summed E-state index contributed by atoms with van der Waals surface area (Å²) in [5, 5.41) is 4.31. The highest BCUT2D eigenvalue weighted by Crippen LogP contribution is 2.30. The Labute approximate surface area is 109 Å². The van der Waals surface area contributed by atoms with Gasteiger partial charge in [-0.25, -0.2) is 0 Å². The average molecular weight is 277 g/mol. The van der Waals surface area contributed by atoms with Crippen LogP contribution >= 0.6 is 0 Å². The molecule has 0 amide bonds. The lowest BCUT2D eigenvalue weighted by molar-refractivity contribution is -0.147. The normalized spacial score (nSPS) is 19.6. The van der Waals surface area contributed by atoms with Gasteiger partial charge < -0.3 is 10.5 Å². The van der Waals surface area contributed by atoms with E-state index in [4.69, 9.17) is 10.5 Å². The van der Waals surface area contributed by atoms with Crippen LogP contribution in [-0.2, 0) is 18.2 Å². The molecule has 2 heterocycles. The first kappa shape index (κ1) is 14.3. The first-order chi connectivity index (χ1) is 8.88. The van der Waals surface area contributed by atoms with Gasteiger partial charge in [0.25, 0.3) is 0 Å². The van der Waals surface area contributed by atoms with Crippen molar-refractivity contribution in [3.8, 4) is 0 Å². The molecule has 1 aliphatic heterocycles. The van der Waals surface area contributed by atoms with E-state index in [9.17, 15) is 13.2 Å². The Morgan fingerprint density at radius 2 is 2.11 bits per heavy atom. The molecule has 1 fully saturated rings. The van der Waals surface area contributed by atoms with Crippen molar-refractivity contribution in [2.45, 2.75) is 37.4 Å². The fraction of sp³-hybridized carbons (Fsp3) is 0.750. The quantitative estimate of drug-likeness (QED) is 0.915. The van der Waals surface area contributed by atoms with Crippen molar-refractivity contribution < 1.29 is 17.9 Å².